The first-order chi connectivity index (χ1) is 11.7. The summed E-state index contributed by atoms with van der Waals surface area (Å²) in [5, 5.41) is 3.40. The molecule has 0 bridgehead atoms. The molecule has 26 heavy (non-hydrogen) atoms. The number of piperazine rings is 1. The minimum absolute atomic E-state index is 0. The molecule has 0 saturated carbocycles. The number of hydrogen-bond donors (Lipinski definition) is 1. The molecule has 1 atom stereocenters. The van der Waals surface area contributed by atoms with Gasteiger partial charge in [-0.2, -0.15) is 0 Å². The fourth-order valence-corrected chi connectivity index (χ4v) is 4.03. The molecule has 0 spiro atoms. The van der Waals surface area contributed by atoms with Crippen LogP contribution < -0.4 is 5.32 Å². The van der Waals surface area contributed by atoms with Gasteiger partial charge in [0.05, 0.1) is 0 Å². The summed E-state index contributed by atoms with van der Waals surface area (Å²) in [6.45, 7) is 8.26. The largest absolute Gasteiger partial charge is 0.337 e. The monoisotopic (exact) mass is 401 g/mol. The van der Waals surface area contributed by atoms with Crippen molar-refractivity contribution in [1.29, 1.82) is 0 Å². The Kier molecular flexibility index (Phi) is 10.6. The molecule has 1 amide bonds. The Hall–Kier alpha value is -0.810. The van der Waals surface area contributed by atoms with Crippen LogP contribution >= 0.6 is 24.8 Å². The second kappa shape index (κ2) is 11.8. The van der Waals surface area contributed by atoms with Crippen LogP contribution in [0.5, 0.6) is 0 Å². The number of nitrogens with one attached hydrogen (secondary N) is 1. The fraction of sp³-hybridized carbons (Fsp3) is 0.650. The minimum Gasteiger partial charge on any atom is -0.337 e. The van der Waals surface area contributed by atoms with Crippen molar-refractivity contribution in [3.63, 3.8) is 0 Å². The summed E-state index contributed by atoms with van der Waals surface area (Å²) in [5.74, 6) is 1.10. The van der Waals surface area contributed by atoms with Gasteiger partial charge in [0, 0.05) is 38.6 Å². The van der Waals surface area contributed by atoms with Crippen LogP contribution in [0.25, 0.3) is 0 Å². The average Bonchev–Trinajstić information content (AvgIpc) is 2.61. The molecule has 1 aromatic carbocycles. The molecule has 4 nitrogen and oxygen atoms in total. The Morgan fingerprint density at radius 2 is 1.81 bits per heavy atom. The third-order valence-electron chi connectivity index (χ3n) is 5.51. The molecular weight excluding hydrogens is 369 g/mol. The number of amides is 1. The molecule has 0 radical (unpaired) electrons. The molecule has 148 valence electrons. The van der Waals surface area contributed by atoms with E-state index in [2.05, 4.69) is 52.4 Å². The van der Waals surface area contributed by atoms with E-state index in [-0.39, 0.29) is 24.8 Å². The lowest BCUT2D eigenvalue weighted by molar-refractivity contribution is -0.136. The van der Waals surface area contributed by atoms with E-state index in [9.17, 15) is 4.79 Å². The smallest absolute Gasteiger partial charge is 0.222 e. The summed E-state index contributed by atoms with van der Waals surface area (Å²) in [6.07, 6.45) is 4.26. The van der Waals surface area contributed by atoms with Gasteiger partial charge in [0.1, 0.15) is 0 Å². The summed E-state index contributed by atoms with van der Waals surface area (Å²) in [4.78, 5) is 17.2. The predicted octanol–water partition coefficient (Wildman–Crippen LogP) is 3.34. The topological polar surface area (TPSA) is 35.6 Å². The predicted molar refractivity (Wildman–Crippen MR) is 112 cm³/mol. The van der Waals surface area contributed by atoms with Crippen molar-refractivity contribution in [2.45, 2.75) is 45.2 Å². The number of halogens is 2. The average molecular weight is 402 g/mol. The van der Waals surface area contributed by atoms with E-state index < -0.39 is 0 Å². The van der Waals surface area contributed by atoms with Crippen molar-refractivity contribution in [3.05, 3.63) is 35.9 Å². The quantitative estimate of drug-likeness (QED) is 0.821. The number of benzene rings is 1. The van der Waals surface area contributed by atoms with Crippen molar-refractivity contribution >= 4 is 30.7 Å². The van der Waals surface area contributed by atoms with Crippen LogP contribution in [-0.4, -0.2) is 54.5 Å². The van der Waals surface area contributed by atoms with E-state index in [0.29, 0.717) is 11.9 Å². The van der Waals surface area contributed by atoms with Crippen molar-refractivity contribution in [1.82, 2.24) is 15.1 Å². The van der Waals surface area contributed by atoms with E-state index in [1.807, 2.05) is 0 Å². The first-order valence-electron chi connectivity index (χ1n) is 9.49. The Labute approximate surface area is 170 Å². The normalized spacial score (nSPS) is 21.6. The lowest BCUT2D eigenvalue weighted by atomic mass is 9.93. The lowest BCUT2D eigenvalue weighted by Gasteiger charge is -2.40. The Morgan fingerprint density at radius 1 is 1.12 bits per heavy atom. The van der Waals surface area contributed by atoms with Gasteiger partial charge < -0.3 is 10.2 Å². The third kappa shape index (κ3) is 6.73. The number of carbonyl (C=O) groups is 1. The number of nitrogens with zero attached hydrogens (tertiary/aromatic N) is 2. The molecule has 3 rings (SSSR count). The van der Waals surface area contributed by atoms with E-state index in [1.165, 1.54) is 18.4 Å². The van der Waals surface area contributed by atoms with Crippen molar-refractivity contribution in [3.8, 4) is 0 Å². The van der Waals surface area contributed by atoms with Crippen LogP contribution in [0, 0.1) is 5.92 Å². The van der Waals surface area contributed by atoms with Crippen molar-refractivity contribution < 1.29 is 4.79 Å². The summed E-state index contributed by atoms with van der Waals surface area (Å²) >= 11 is 0. The zero-order valence-electron chi connectivity index (χ0n) is 15.7. The van der Waals surface area contributed by atoms with Crippen LogP contribution in [0.15, 0.2) is 30.3 Å². The summed E-state index contributed by atoms with van der Waals surface area (Å²) in [6, 6.07) is 10.9. The SMILES string of the molecule is CC1CN(Cc2ccccc2)CCN1C(=O)CCC1CCNCC1.Cl.Cl. The van der Waals surface area contributed by atoms with E-state index in [1.54, 1.807) is 0 Å². The van der Waals surface area contributed by atoms with Crippen molar-refractivity contribution in [2.75, 3.05) is 32.7 Å². The lowest BCUT2D eigenvalue weighted by Crippen LogP contribution is -2.53. The Morgan fingerprint density at radius 3 is 2.46 bits per heavy atom. The van der Waals surface area contributed by atoms with Gasteiger partial charge in [0.2, 0.25) is 5.91 Å². The summed E-state index contributed by atoms with van der Waals surface area (Å²) in [7, 11) is 0. The van der Waals surface area contributed by atoms with E-state index in [4.69, 9.17) is 0 Å². The second-order valence-corrected chi connectivity index (χ2v) is 7.39. The molecule has 2 fully saturated rings. The minimum atomic E-state index is 0. The molecule has 2 heterocycles. The molecule has 2 aliphatic rings. The maximum atomic E-state index is 12.6. The maximum Gasteiger partial charge on any atom is 0.222 e. The van der Waals surface area contributed by atoms with E-state index >= 15 is 0 Å². The van der Waals surface area contributed by atoms with E-state index in [0.717, 1.165) is 58.0 Å². The van der Waals surface area contributed by atoms with Crippen molar-refractivity contribution in [2.24, 2.45) is 5.92 Å². The molecule has 0 aromatic heterocycles. The molecule has 2 aliphatic heterocycles. The van der Waals surface area contributed by atoms with Crippen LogP contribution in [0.4, 0.5) is 0 Å². The molecule has 0 aliphatic carbocycles. The van der Waals surface area contributed by atoms with Gasteiger partial charge in [0.15, 0.2) is 0 Å². The number of hydrogen-bond acceptors (Lipinski definition) is 3. The van der Waals surface area contributed by atoms with Crippen LogP contribution in [0.3, 0.4) is 0 Å². The molecule has 1 unspecified atom stereocenters. The molecule has 2 saturated heterocycles. The number of carbonyl (C=O) groups excluding carboxylic acids is 1. The highest BCUT2D eigenvalue weighted by atomic mass is 35.5. The summed E-state index contributed by atoms with van der Waals surface area (Å²) < 4.78 is 0. The van der Waals surface area contributed by atoms with Gasteiger partial charge in [-0.05, 0) is 50.8 Å². The van der Waals surface area contributed by atoms with Crippen LogP contribution in [-0.2, 0) is 11.3 Å². The molecule has 1 N–H and O–H groups in total. The highest BCUT2D eigenvalue weighted by Crippen LogP contribution is 2.20. The number of piperidine rings is 1. The zero-order chi connectivity index (χ0) is 16.8. The molecular formula is C20H33Cl2N3O. The van der Waals surface area contributed by atoms with Gasteiger partial charge in [0.25, 0.3) is 0 Å². The van der Waals surface area contributed by atoms with Gasteiger partial charge in [-0.1, -0.05) is 30.3 Å². The summed E-state index contributed by atoms with van der Waals surface area (Å²) in [5.41, 5.74) is 1.36. The van der Waals surface area contributed by atoms with Gasteiger partial charge in [-0.25, -0.2) is 0 Å². The highest BCUT2D eigenvalue weighted by molar-refractivity contribution is 5.85. The third-order valence-corrected chi connectivity index (χ3v) is 5.51. The first kappa shape index (κ1) is 23.2. The number of rotatable bonds is 5. The zero-order valence-corrected chi connectivity index (χ0v) is 17.4. The van der Waals surface area contributed by atoms with Crippen LogP contribution in [0.1, 0.15) is 38.2 Å². The fourth-order valence-electron chi connectivity index (χ4n) is 4.03. The Bertz CT molecular complexity index is 523. The Balaban J connectivity index is 0.00000169. The molecule has 6 heteroatoms. The van der Waals surface area contributed by atoms with Crippen LogP contribution in [0.2, 0.25) is 0 Å². The first-order valence-corrected chi connectivity index (χ1v) is 9.49. The van der Waals surface area contributed by atoms with Gasteiger partial charge >= 0.3 is 0 Å². The standard InChI is InChI=1S/C20H31N3O.2ClH/c1-17-15-22(16-19-5-3-2-4-6-19)13-14-23(17)20(24)8-7-18-9-11-21-12-10-18;;/h2-6,17-18,21H,7-16H2,1H3;2*1H. The van der Waals surface area contributed by atoms with Gasteiger partial charge in [-0.15, -0.1) is 24.8 Å². The second-order valence-electron chi connectivity index (χ2n) is 7.39. The molecule has 1 aromatic rings. The van der Waals surface area contributed by atoms with Gasteiger partial charge in [-0.3, -0.25) is 9.69 Å². The highest BCUT2D eigenvalue weighted by Gasteiger charge is 2.27. The maximum absolute atomic E-state index is 12.6.